The largest absolute Gasteiger partial charge is 0.385 e. The fourth-order valence-electron chi connectivity index (χ4n) is 1.18. The summed E-state index contributed by atoms with van der Waals surface area (Å²) in [6.07, 6.45) is 1.38. The molecule has 1 aromatic carbocycles. The summed E-state index contributed by atoms with van der Waals surface area (Å²) in [7, 11) is 0. The maximum absolute atomic E-state index is 10.4. The fourth-order valence-corrected chi connectivity index (χ4v) is 1.59. The highest BCUT2D eigenvalue weighted by molar-refractivity contribution is 9.10. The van der Waals surface area contributed by atoms with Gasteiger partial charge in [0.15, 0.2) is 0 Å². The van der Waals surface area contributed by atoms with Gasteiger partial charge < -0.3 is 10.1 Å². The van der Waals surface area contributed by atoms with E-state index in [1.165, 1.54) is 0 Å². The molecular weight excluding hydrogens is 230 g/mol. The third-order valence-electron chi connectivity index (χ3n) is 1.74. The summed E-state index contributed by atoms with van der Waals surface area (Å²) in [4.78, 5) is 10.4. The van der Waals surface area contributed by atoms with Crippen molar-refractivity contribution < 1.29 is 4.79 Å². The molecule has 70 valence electrons. The molecule has 0 bridgehead atoms. The van der Waals surface area contributed by atoms with E-state index in [0.717, 1.165) is 28.6 Å². The maximum atomic E-state index is 10.4. The Labute approximate surface area is 86.5 Å². The highest BCUT2D eigenvalue weighted by atomic mass is 79.9. The third kappa shape index (κ3) is 2.84. The van der Waals surface area contributed by atoms with Crippen LogP contribution in [0.1, 0.15) is 12.5 Å². The van der Waals surface area contributed by atoms with Crippen molar-refractivity contribution in [1.82, 2.24) is 0 Å². The number of benzene rings is 1. The number of halogens is 1. The first-order chi connectivity index (χ1) is 6.27. The molecule has 0 aliphatic rings. The van der Waals surface area contributed by atoms with E-state index in [4.69, 9.17) is 0 Å². The standard InChI is InChI=1S/C10H12BrNO/c1-2-12-10-4-3-9(11)7-8(10)5-6-13/h3-4,6-7,12H,2,5H2,1H3. The van der Waals surface area contributed by atoms with Gasteiger partial charge >= 0.3 is 0 Å². The minimum absolute atomic E-state index is 0.460. The summed E-state index contributed by atoms with van der Waals surface area (Å²) in [5, 5.41) is 3.21. The first kappa shape index (κ1) is 10.3. The highest BCUT2D eigenvalue weighted by Gasteiger charge is 2.00. The minimum Gasteiger partial charge on any atom is -0.385 e. The summed E-state index contributed by atoms with van der Waals surface area (Å²) in [5.74, 6) is 0. The number of carbonyl (C=O) groups excluding carboxylic acids is 1. The van der Waals surface area contributed by atoms with Gasteiger partial charge in [-0.1, -0.05) is 15.9 Å². The molecule has 0 radical (unpaired) electrons. The molecule has 0 aliphatic carbocycles. The lowest BCUT2D eigenvalue weighted by atomic mass is 10.1. The van der Waals surface area contributed by atoms with Crippen LogP contribution in [0.3, 0.4) is 0 Å². The molecule has 0 aromatic heterocycles. The quantitative estimate of drug-likeness (QED) is 0.822. The van der Waals surface area contributed by atoms with Crippen LogP contribution in [0, 0.1) is 0 Å². The third-order valence-corrected chi connectivity index (χ3v) is 2.23. The van der Waals surface area contributed by atoms with E-state index in [1.54, 1.807) is 0 Å². The molecule has 3 heteroatoms. The molecule has 1 N–H and O–H groups in total. The van der Waals surface area contributed by atoms with Crippen LogP contribution < -0.4 is 5.32 Å². The Kier molecular flexibility index (Phi) is 3.96. The molecule has 0 saturated heterocycles. The van der Waals surface area contributed by atoms with Crippen LogP contribution in [-0.2, 0) is 11.2 Å². The molecule has 2 nitrogen and oxygen atoms in total. The Bertz CT molecular complexity index is 299. The van der Waals surface area contributed by atoms with Gasteiger partial charge in [-0.25, -0.2) is 0 Å². The molecule has 0 fully saturated rings. The summed E-state index contributed by atoms with van der Waals surface area (Å²) >= 11 is 3.37. The van der Waals surface area contributed by atoms with Crippen molar-refractivity contribution in [3.05, 3.63) is 28.2 Å². The molecule has 0 atom stereocenters. The zero-order valence-electron chi connectivity index (χ0n) is 7.51. The molecule has 0 heterocycles. The van der Waals surface area contributed by atoms with Crippen LogP contribution in [0.2, 0.25) is 0 Å². The van der Waals surface area contributed by atoms with Gasteiger partial charge in [-0.2, -0.15) is 0 Å². The molecule has 1 aromatic rings. The molecule has 0 aliphatic heterocycles. The van der Waals surface area contributed by atoms with E-state index in [0.29, 0.717) is 6.42 Å². The minimum atomic E-state index is 0.460. The Balaban J connectivity index is 2.95. The second-order valence-corrected chi connectivity index (χ2v) is 3.62. The van der Waals surface area contributed by atoms with Gasteiger partial charge in [0, 0.05) is 23.1 Å². The van der Waals surface area contributed by atoms with Crippen LogP contribution in [-0.4, -0.2) is 12.8 Å². The zero-order valence-corrected chi connectivity index (χ0v) is 9.10. The zero-order chi connectivity index (χ0) is 9.68. The molecule has 1 rings (SSSR count). The number of rotatable bonds is 4. The molecule has 0 saturated carbocycles. The average Bonchev–Trinajstić information content (AvgIpc) is 2.10. The second kappa shape index (κ2) is 5.02. The number of aldehydes is 1. The van der Waals surface area contributed by atoms with Crippen molar-refractivity contribution in [2.24, 2.45) is 0 Å². The topological polar surface area (TPSA) is 29.1 Å². The lowest BCUT2D eigenvalue weighted by Gasteiger charge is -2.08. The monoisotopic (exact) mass is 241 g/mol. The fraction of sp³-hybridized carbons (Fsp3) is 0.300. The molecular formula is C10H12BrNO. The summed E-state index contributed by atoms with van der Waals surface area (Å²) in [6.45, 7) is 2.90. The second-order valence-electron chi connectivity index (χ2n) is 2.70. The van der Waals surface area contributed by atoms with Crippen LogP contribution in [0.25, 0.3) is 0 Å². The van der Waals surface area contributed by atoms with Crippen molar-refractivity contribution in [2.45, 2.75) is 13.3 Å². The number of hydrogen-bond donors (Lipinski definition) is 1. The van der Waals surface area contributed by atoms with E-state index in [1.807, 2.05) is 25.1 Å². The molecule has 0 amide bonds. The predicted octanol–water partition coefficient (Wildman–Crippen LogP) is 2.62. The van der Waals surface area contributed by atoms with Gasteiger partial charge in [-0.3, -0.25) is 0 Å². The normalized spacial score (nSPS) is 9.69. The number of hydrogen-bond acceptors (Lipinski definition) is 2. The van der Waals surface area contributed by atoms with E-state index in [-0.39, 0.29) is 0 Å². The summed E-state index contributed by atoms with van der Waals surface area (Å²) < 4.78 is 1.01. The molecule has 0 spiro atoms. The van der Waals surface area contributed by atoms with Gasteiger partial charge in [0.25, 0.3) is 0 Å². The Hall–Kier alpha value is -0.830. The Morgan fingerprint density at radius 3 is 2.92 bits per heavy atom. The van der Waals surface area contributed by atoms with Crippen LogP contribution in [0.5, 0.6) is 0 Å². The number of anilines is 1. The van der Waals surface area contributed by atoms with Gasteiger partial charge in [0.05, 0.1) is 0 Å². The average molecular weight is 242 g/mol. The smallest absolute Gasteiger partial charge is 0.124 e. The van der Waals surface area contributed by atoms with E-state index >= 15 is 0 Å². The summed E-state index contributed by atoms with van der Waals surface area (Å²) in [6, 6.07) is 5.91. The van der Waals surface area contributed by atoms with Crippen LogP contribution >= 0.6 is 15.9 Å². The van der Waals surface area contributed by atoms with E-state index in [9.17, 15) is 4.79 Å². The van der Waals surface area contributed by atoms with Gasteiger partial charge in [0.1, 0.15) is 6.29 Å². The van der Waals surface area contributed by atoms with Gasteiger partial charge in [-0.15, -0.1) is 0 Å². The van der Waals surface area contributed by atoms with Crippen molar-refractivity contribution in [3.63, 3.8) is 0 Å². The van der Waals surface area contributed by atoms with Crippen molar-refractivity contribution in [3.8, 4) is 0 Å². The lowest BCUT2D eigenvalue weighted by molar-refractivity contribution is -0.107. The van der Waals surface area contributed by atoms with Crippen molar-refractivity contribution in [1.29, 1.82) is 0 Å². The van der Waals surface area contributed by atoms with Gasteiger partial charge in [-0.05, 0) is 30.7 Å². The first-order valence-electron chi connectivity index (χ1n) is 4.24. The van der Waals surface area contributed by atoms with Gasteiger partial charge in [0.2, 0.25) is 0 Å². The lowest BCUT2D eigenvalue weighted by Crippen LogP contribution is -2.01. The van der Waals surface area contributed by atoms with Crippen LogP contribution in [0.15, 0.2) is 22.7 Å². The highest BCUT2D eigenvalue weighted by Crippen LogP contribution is 2.20. The van der Waals surface area contributed by atoms with Crippen molar-refractivity contribution >= 4 is 27.9 Å². The number of carbonyl (C=O) groups is 1. The Morgan fingerprint density at radius 1 is 1.54 bits per heavy atom. The maximum Gasteiger partial charge on any atom is 0.124 e. The Morgan fingerprint density at radius 2 is 2.31 bits per heavy atom. The van der Waals surface area contributed by atoms with Crippen molar-refractivity contribution in [2.75, 3.05) is 11.9 Å². The summed E-state index contributed by atoms with van der Waals surface area (Å²) in [5.41, 5.74) is 2.07. The number of nitrogens with one attached hydrogen (secondary N) is 1. The molecule has 0 unspecified atom stereocenters. The first-order valence-corrected chi connectivity index (χ1v) is 5.03. The van der Waals surface area contributed by atoms with Crippen LogP contribution in [0.4, 0.5) is 5.69 Å². The van der Waals surface area contributed by atoms with E-state index < -0.39 is 0 Å². The predicted molar refractivity (Wildman–Crippen MR) is 58.1 cm³/mol. The molecule has 13 heavy (non-hydrogen) atoms. The SMILES string of the molecule is CCNc1ccc(Br)cc1CC=O. The van der Waals surface area contributed by atoms with E-state index in [2.05, 4.69) is 21.2 Å².